The number of carbonyl (C=O) groups is 1. The van der Waals surface area contributed by atoms with Gasteiger partial charge in [-0.15, -0.1) is 11.3 Å². The monoisotopic (exact) mass is 471 g/mol. The van der Waals surface area contributed by atoms with Gasteiger partial charge in [-0.25, -0.2) is 13.4 Å². The van der Waals surface area contributed by atoms with Gasteiger partial charge in [0.2, 0.25) is 10.0 Å². The zero-order valence-electron chi connectivity index (χ0n) is 18.2. The van der Waals surface area contributed by atoms with E-state index in [-0.39, 0.29) is 17.5 Å². The van der Waals surface area contributed by atoms with E-state index >= 15 is 0 Å². The van der Waals surface area contributed by atoms with Gasteiger partial charge in [0.05, 0.1) is 29.7 Å². The van der Waals surface area contributed by atoms with Gasteiger partial charge in [0.15, 0.2) is 5.13 Å². The lowest BCUT2D eigenvalue weighted by Gasteiger charge is -2.21. The highest BCUT2D eigenvalue weighted by Gasteiger charge is 2.37. The lowest BCUT2D eigenvalue weighted by Crippen LogP contribution is -2.31. The molecule has 1 saturated carbocycles. The van der Waals surface area contributed by atoms with Crippen LogP contribution < -0.4 is 9.46 Å². The summed E-state index contributed by atoms with van der Waals surface area (Å²) < 4.78 is 32.1. The number of ether oxygens (including phenoxy) is 1. The van der Waals surface area contributed by atoms with Crippen LogP contribution in [0, 0.1) is 0 Å². The van der Waals surface area contributed by atoms with E-state index in [0.717, 1.165) is 16.7 Å². The van der Waals surface area contributed by atoms with Crippen molar-refractivity contribution in [2.45, 2.75) is 43.8 Å². The Balaban J connectivity index is 1.44. The second-order valence-corrected chi connectivity index (χ2v) is 11.2. The number of hydrogen-bond donors (Lipinski definition) is 1. The molecule has 7 nitrogen and oxygen atoms in total. The van der Waals surface area contributed by atoms with Crippen LogP contribution in [0.4, 0.5) is 5.13 Å². The molecule has 2 heterocycles. The largest absolute Gasteiger partial charge is 0.495 e. The molecule has 0 bridgehead atoms. The minimum absolute atomic E-state index is 0.00944. The van der Waals surface area contributed by atoms with Gasteiger partial charge in [-0.2, -0.15) is 0 Å². The summed E-state index contributed by atoms with van der Waals surface area (Å²) in [6.07, 6.45) is 5.04. The number of aromatic nitrogens is 2. The Hall–Kier alpha value is -2.78. The predicted octanol–water partition coefficient (Wildman–Crippen LogP) is 4.21. The van der Waals surface area contributed by atoms with E-state index in [1.54, 1.807) is 24.9 Å². The number of ketones is 1. The van der Waals surface area contributed by atoms with E-state index in [2.05, 4.69) is 14.7 Å². The number of benzene rings is 1. The molecular weight excluding hydrogens is 446 g/mol. The van der Waals surface area contributed by atoms with Crippen LogP contribution in [0.15, 0.2) is 48.1 Å². The Labute approximate surface area is 191 Å². The summed E-state index contributed by atoms with van der Waals surface area (Å²) in [6, 6.07) is 9.69. The molecule has 1 N–H and O–H groups in total. The van der Waals surface area contributed by atoms with Crippen LogP contribution in [-0.4, -0.2) is 36.5 Å². The number of nitrogens with zero attached hydrogens (tertiary/aromatic N) is 2. The first kappa shape index (κ1) is 22.4. The number of rotatable bonds is 9. The van der Waals surface area contributed by atoms with Crippen molar-refractivity contribution >= 4 is 32.3 Å². The topological polar surface area (TPSA) is 98.2 Å². The molecule has 1 fully saturated rings. The predicted molar refractivity (Wildman–Crippen MR) is 126 cm³/mol. The molecule has 1 aliphatic carbocycles. The van der Waals surface area contributed by atoms with E-state index in [4.69, 9.17) is 4.74 Å². The van der Waals surface area contributed by atoms with Crippen molar-refractivity contribution in [3.8, 4) is 16.9 Å². The molecule has 0 saturated heterocycles. The number of carbonyl (C=O) groups excluding carboxylic acids is 1. The SMILES string of the molecule is COc1cncc(-c2ccc(CC(=O)C(C)(C)c3csc(NS(=O)(=O)C4CC4)n3)cc2)c1. The number of nitrogens with one attached hydrogen (secondary N) is 1. The summed E-state index contributed by atoms with van der Waals surface area (Å²) in [7, 11) is -1.77. The van der Waals surface area contributed by atoms with E-state index in [1.165, 1.54) is 11.3 Å². The van der Waals surface area contributed by atoms with Gasteiger partial charge in [0, 0.05) is 23.6 Å². The summed E-state index contributed by atoms with van der Waals surface area (Å²) in [5, 5.41) is 1.74. The average molecular weight is 472 g/mol. The summed E-state index contributed by atoms with van der Waals surface area (Å²) in [6.45, 7) is 3.64. The van der Waals surface area contributed by atoms with Gasteiger partial charge >= 0.3 is 0 Å². The molecule has 32 heavy (non-hydrogen) atoms. The van der Waals surface area contributed by atoms with Crippen molar-refractivity contribution in [1.29, 1.82) is 0 Å². The van der Waals surface area contributed by atoms with Crippen molar-refractivity contribution in [1.82, 2.24) is 9.97 Å². The number of thiazole rings is 1. The lowest BCUT2D eigenvalue weighted by atomic mass is 9.82. The molecule has 4 rings (SSSR count). The molecule has 3 aromatic rings. The first-order valence-electron chi connectivity index (χ1n) is 10.3. The fourth-order valence-corrected chi connectivity index (χ4v) is 5.72. The fraction of sp³-hybridized carbons (Fsp3) is 0.348. The van der Waals surface area contributed by atoms with Crippen molar-refractivity contribution in [2.24, 2.45) is 0 Å². The molecule has 168 valence electrons. The number of hydrogen-bond acceptors (Lipinski definition) is 7. The Bertz CT molecular complexity index is 1230. The van der Waals surface area contributed by atoms with E-state index in [0.29, 0.717) is 29.4 Å². The van der Waals surface area contributed by atoms with Crippen LogP contribution in [0.2, 0.25) is 0 Å². The Kier molecular flexibility index (Phi) is 6.05. The molecule has 2 aromatic heterocycles. The maximum absolute atomic E-state index is 13.1. The molecule has 1 aliphatic rings. The van der Waals surface area contributed by atoms with Gasteiger partial charge in [-0.3, -0.25) is 14.5 Å². The standard InChI is InChI=1S/C23H25N3O4S2/c1-23(2,20-14-31-22(25-20)26-32(28,29)19-8-9-19)21(27)10-15-4-6-16(7-5-15)17-11-18(30-3)13-24-12-17/h4-7,11-14,19H,8-10H2,1-3H3,(H,25,26). The van der Waals surface area contributed by atoms with Crippen LogP contribution >= 0.6 is 11.3 Å². The van der Waals surface area contributed by atoms with Crippen molar-refractivity contribution in [3.05, 3.63) is 59.4 Å². The highest BCUT2D eigenvalue weighted by atomic mass is 32.2. The molecule has 0 spiro atoms. The first-order chi connectivity index (χ1) is 15.2. The van der Waals surface area contributed by atoms with Crippen LogP contribution in [0.5, 0.6) is 5.75 Å². The molecule has 0 atom stereocenters. The maximum Gasteiger partial charge on any atom is 0.237 e. The van der Waals surface area contributed by atoms with E-state index in [9.17, 15) is 13.2 Å². The van der Waals surface area contributed by atoms with Crippen molar-refractivity contribution < 1.29 is 17.9 Å². The summed E-state index contributed by atoms with van der Waals surface area (Å²) in [4.78, 5) is 21.7. The Morgan fingerprint density at radius 1 is 1.19 bits per heavy atom. The molecule has 0 amide bonds. The summed E-state index contributed by atoms with van der Waals surface area (Å²) in [5.41, 5.74) is 2.55. The highest BCUT2D eigenvalue weighted by Crippen LogP contribution is 2.33. The third-order valence-electron chi connectivity index (χ3n) is 5.64. The van der Waals surface area contributed by atoms with Crippen LogP contribution in [0.25, 0.3) is 11.1 Å². The number of anilines is 1. The van der Waals surface area contributed by atoms with Gasteiger partial charge in [-0.1, -0.05) is 24.3 Å². The fourth-order valence-electron chi connectivity index (χ4n) is 3.24. The Morgan fingerprint density at radius 3 is 2.56 bits per heavy atom. The van der Waals surface area contributed by atoms with E-state index in [1.807, 2.05) is 44.2 Å². The summed E-state index contributed by atoms with van der Waals surface area (Å²) in [5.74, 6) is 0.695. The molecule has 0 aliphatic heterocycles. The van der Waals surface area contributed by atoms with Gasteiger partial charge in [0.1, 0.15) is 11.5 Å². The third kappa shape index (κ3) is 4.83. The van der Waals surface area contributed by atoms with Gasteiger partial charge in [-0.05, 0) is 43.9 Å². The lowest BCUT2D eigenvalue weighted by molar-refractivity contribution is -0.122. The minimum Gasteiger partial charge on any atom is -0.495 e. The highest BCUT2D eigenvalue weighted by molar-refractivity contribution is 7.93. The van der Waals surface area contributed by atoms with Gasteiger partial charge in [0.25, 0.3) is 0 Å². The second kappa shape index (κ2) is 8.63. The Morgan fingerprint density at radius 2 is 1.91 bits per heavy atom. The van der Waals surface area contributed by atoms with Crippen LogP contribution in [0.3, 0.4) is 0 Å². The van der Waals surface area contributed by atoms with Crippen LogP contribution in [-0.2, 0) is 26.7 Å². The molecule has 1 aromatic carbocycles. The quantitative estimate of drug-likeness (QED) is 0.502. The third-order valence-corrected chi connectivity index (χ3v) is 8.35. The molecule has 0 radical (unpaired) electrons. The zero-order chi connectivity index (χ0) is 22.9. The van der Waals surface area contributed by atoms with Gasteiger partial charge < -0.3 is 4.74 Å². The average Bonchev–Trinajstić information content (AvgIpc) is 3.54. The molecular formula is C23H25N3O4S2. The minimum atomic E-state index is -3.37. The smallest absolute Gasteiger partial charge is 0.237 e. The van der Waals surface area contributed by atoms with Crippen molar-refractivity contribution in [2.75, 3.05) is 11.8 Å². The van der Waals surface area contributed by atoms with Crippen LogP contribution in [0.1, 0.15) is 37.9 Å². The molecule has 9 heteroatoms. The number of methoxy groups -OCH3 is 1. The number of pyridine rings is 1. The maximum atomic E-state index is 13.1. The van der Waals surface area contributed by atoms with E-state index < -0.39 is 15.4 Å². The molecule has 0 unspecified atom stereocenters. The van der Waals surface area contributed by atoms with Crippen molar-refractivity contribution in [3.63, 3.8) is 0 Å². The normalized spacial score (nSPS) is 14.2. The first-order valence-corrected chi connectivity index (χ1v) is 12.7. The zero-order valence-corrected chi connectivity index (χ0v) is 19.8. The number of Topliss-reactive ketones (excluding diaryl/α,β-unsaturated/α-hetero) is 1. The number of sulfonamides is 1. The second-order valence-electron chi connectivity index (χ2n) is 8.42. The summed E-state index contributed by atoms with van der Waals surface area (Å²) >= 11 is 1.20.